The van der Waals surface area contributed by atoms with E-state index in [9.17, 15) is 4.79 Å². The summed E-state index contributed by atoms with van der Waals surface area (Å²) in [5.41, 5.74) is 7.06. The number of pyridine rings is 1. The van der Waals surface area contributed by atoms with E-state index in [0.717, 1.165) is 5.39 Å². The molecule has 0 spiro atoms. The number of anilines is 1. The lowest BCUT2D eigenvalue weighted by atomic mass is 10.1. The highest BCUT2D eigenvalue weighted by Crippen LogP contribution is 2.29. The first-order valence-corrected chi connectivity index (χ1v) is 5.51. The van der Waals surface area contributed by atoms with E-state index in [4.69, 9.17) is 10.5 Å². The zero-order valence-electron chi connectivity index (χ0n) is 10.2. The first-order chi connectivity index (χ1) is 8.63. The summed E-state index contributed by atoms with van der Waals surface area (Å²) in [6.07, 6.45) is 0.980. The molecule has 94 valence electrons. The quantitative estimate of drug-likeness (QED) is 0.659. The van der Waals surface area contributed by atoms with Gasteiger partial charge in [-0.25, -0.2) is 4.79 Å². The minimum atomic E-state index is -0.679. The molecular formula is C13H14N2O3. The zero-order valence-corrected chi connectivity index (χ0v) is 10.2. The third-order valence-corrected chi connectivity index (χ3v) is 2.60. The molecule has 2 N–H and O–H groups in total. The van der Waals surface area contributed by atoms with Gasteiger partial charge in [0, 0.05) is 11.6 Å². The molecule has 0 aliphatic heterocycles. The molecular weight excluding hydrogens is 232 g/mol. The Morgan fingerprint density at radius 2 is 2.17 bits per heavy atom. The van der Waals surface area contributed by atoms with E-state index in [0.29, 0.717) is 17.0 Å². The summed E-state index contributed by atoms with van der Waals surface area (Å²) in [7, 11) is 1.32. The van der Waals surface area contributed by atoms with Crippen molar-refractivity contribution >= 4 is 22.6 Å². The molecule has 5 nitrogen and oxygen atoms in total. The van der Waals surface area contributed by atoms with Crippen molar-refractivity contribution in [3.63, 3.8) is 0 Å². The highest BCUT2D eigenvalue weighted by Gasteiger charge is 2.16. The summed E-state index contributed by atoms with van der Waals surface area (Å²) in [6, 6.07) is 7.06. The molecule has 2 rings (SSSR count). The SMILES string of the molecule is COC(=O)C(C)Oc1ccc(N)c2ncccc12. The summed E-state index contributed by atoms with van der Waals surface area (Å²) in [6.45, 7) is 1.63. The van der Waals surface area contributed by atoms with Crippen molar-refractivity contribution in [1.82, 2.24) is 4.98 Å². The Morgan fingerprint density at radius 1 is 1.39 bits per heavy atom. The van der Waals surface area contributed by atoms with Crippen LogP contribution in [0.25, 0.3) is 10.9 Å². The molecule has 1 aromatic carbocycles. The van der Waals surface area contributed by atoms with Crippen LogP contribution < -0.4 is 10.5 Å². The monoisotopic (exact) mass is 246 g/mol. The molecule has 1 atom stereocenters. The number of hydrogen-bond acceptors (Lipinski definition) is 5. The Kier molecular flexibility index (Phi) is 3.32. The van der Waals surface area contributed by atoms with Crippen molar-refractivity contribution in [2.45, 2.75) is 13.0 Å². The molecule has 1 heterocycles. The number of nitrogen functional groups attached to an aromatic ring is 1. The molecule has 1 aromatic heterocycles. The number of aromatic nitrogens is 1. The van der Waals surface area contributed by atoms with Gasteiger partial charge in [-0.15, -0.1) is 0 Å². The van der Waals surface area contributed by atoms with E-state index in [1.54, 1.807) is 31.3 Å². The molecule has 0 fully saturated rings. The number of fused-ring (bicyclic) bond motifs is 1. The van der Waals surface area contributed by atoms with Crippen LogP contribution in [0.4, 0.5) is 5.69 Å². The molecule has 1 unspecified atom stereocenters. The minimum Gasteiger partial charge on any atom is -0.478 e. The lowest BCUT2D eigenvalue weighted by Crippen LogP contribution is -2.25. The van der Waals surface area contributed by atoms with Gasteiger partial charge in [0.25, 0.3) is 0 Å². The van der Waals surface area contributed by atoms with Gasteiger partial charge in [-0.1, -0.05) is 0 Å². The lowest BCUT2D eigenvalue weighted by Gasteiger charge is -2.14. The van der Waals surface area contributed by atoms with Crippen LogP contribution in [0.15, 0.2) is 30.5 Å². The van der Waals surface area contributed by atoms with E-state index < -0.39 is 12.1 Å². The number of carbonyl (C=O) groups is 1. The molecule has 2 aromatic rings. The maximum atomic E-state index is 11.3. The van der Waals surface area contributed by atoms with Gasteiger partial charge >= 0.3 is 5.97 Å². The van der Waals surface area contributed by atoms with Crippen LogP contribution in [-0.2, 0) is 9.53 Å². The summed E-state index contributed by atoms with van der Waals surface area (Å²) in [5, 5.41) is 0.772. The first kappa shape index (κ1) is 12.2. The molecule has 0 aliphatic carbocycles. The maximum absolute atomic E-state index is 11.3. The predicted molar refractivity (Wildman–Crippen MR) is 68.3 cm³/mol. The molecule has 18 heavy (non-hydrogen) atoms. The van der Waals surface area contributed by atoms with Crippen LogP contribution in [0, 0.1) is 0 Å². The standard InChI is InChI=1S/C13H14N2O3/c1-8(13(16)17-2)18-11-6-5-10(14)12-9(11)4-3-7-15-12/h3-8H,14H2,1-2H3. The van der Waals surface area contributed by atoms with Gasteiger partial charge in [0.05, 0.1) is 18.3 Å². The fraction of sp³-hybridized carbons (Fsp3) is 0.231. The Bertz CT molecular complexity index is 583. The van der Waals surface area contributed by atoms with Crippen molar-refractivity contribution in [3.8, 4) is 5.75 Å². The van der Waals surface area contributed by atoms with Gasteiger partial charge in [-0.2, -0.15) is 0 Å². The Labute approximate surface area is 105 Å². The molecule has 0 saturated carbocycles. The number of esters is 1. The largest absolute Gasteiger partial charge is 0.478 e. The molecule has 0 bridgehead atoms. The fourth-order valence-electron chi connectivity index (χ4n) is 1.68. The number of hydrogen-bond donors (Lipinski definition) is 1. The van der Waals surface area contributed by atoms with Crippen LogP contribution in [0.1, 0.15) is 6.92 Å². The Morgan fingerprint density at radius 3 is 2.89 bits per heavy atom. The number of nitrogens with two attached hydrogens (primary N) is 1. The summed E-state index contributed by atoms with van der Waals surface area (Å²) < 4.78 is 10.2. The van der Waals surface area contributed by atoms with Crippen molar-refractivity contribution in [1.29, 1.82) is 0 Å². The topological polar surface area (TPSA) is 74.4 Å². The molecule has 5 heteroatoms. The van der Waals surface area contributed by atoms with Gasteiger partial charge in [0.15, 0.2) is 6.10 Å². The second kappa shape index (κ2) is 4.91. The fourth-order valence-corrected chi connectivity index (χ4v) is 1.68. The second-order valence-corrected chi connectivity index (χ2v) is 3.84. The van der Waals surface area contributed by atoms with Gasteiger partial charge in [-0.3, -0.25) is 4.98 Å². The normalized spacial score (nSPS) is 12.1. The lowest BCUT2D eigenvalue weighted by molar-refractivity contribution is -0.147. The number of carbonyl (C=O) groups excluding carboxylic acids is 1. The zero-order chi connectivity index (χ0) is 13.1. The van der Waals surface area contributed by atoms with Crippen molar-refractivity contribution in [3.05, 3.63) is 30.5 Å². The number of nitrogens with zero attached hydrogens (tertiary/aromatic N) is 1. The Balaban J connectivity index is 2.40. The van der Waals surface area contributed by atoms with Crippen LogP contribution >= 0.6 is 0 Å². The van der Waals surface area contributed by atoms with Gasteiger partial charge < -0.3 is 15.2 Å². The average Bonchev–Trinajstić information content (AvgIpc) is 2.41. The van der Waals surface area contributed by atoms with Gasteiger partial charge in [0.1, 0.15) is 5.75 Å². The van der Waals surface area contributed by atoms with Crippen LogP contribution in [0.2, 0.25) is 0 Å². The van der Waals surface area contributed by atoms with Gasteiger partial charge in [0.2, 0.25) is 0 Å². The molecule has 0 aliphatic rings. The highest BCUT2D eigenvalue weighted by molar-refractivity contribution is 5.94. The van der Waals surface area contributed by atoms with E-state index in [-0.39, 0.29) is 0 Å². The number of rotatable bonds is 3. The first-order valence-electron chi connectivity index (χ1n) is 5.51. The second-order valence-electron chi connectivity index (χ2n) is 3.84. The third-order valence-electron chi connectivity index (χ3n) is 2.60. The highest BCUT2D eigenvalue weighted by atomic mass is 16.6. The van der Waals surface area contributed by atoms with Crippen LogP contribution in [0.3, 0.4) is 0 Å². The number of methoxy groups -OCH3 is 1. The van der Waals surface area contributed by atoms with Crippen LogP contribution in [-0.4, -0.2) is 24.2 Å². The minimum absolute atomic E-state index is 0.427. The molecule has 0 saturated heterocycles. The third kappa shape index (κ3) is 2.20. The number of benzene rings is 1. The summed E-state index contributed by atoms with van der Waals surface area (Å²) >= 11 is 0. The summed E-state index contributed by atoms with van der Waals surface area (Å²) in [4.78, 5) is 15.5. The van der Waals surface area contributed by atoms with E-state index in [2.05, 4.69) is 9.72 Å². The van der Waals surface area contributed by atoms with Crippen molar-refractivity contribution < 1.29 is 14.3 Å². The molecule has 0 amide bonds. The Hall–Kier alpha value is -2.30. The average molecular weight is 246 g/mol. The van der Waals surface area contributed by atoms with Crippen molar-refractivity contribution in [2.75, 3.05) is 12.8 Å². The van der Waals surface area contributed by atoms with E-state index in [1.165, 1.54) is 7.11 Å². The van der Waals surface area contributed by atoms with Gasteiger partial charge in [-0.05, 0) is 31.2 Å². The van der Waals surface area contributed by atoms with E-state index >= 15 is 0 Å². The van der Waals surface area contributed by atoms with Crippen LogP contribution in [0.5, 0.6) is 5.75 Å². The van der Waals surface area contributed by atoms with E-state index in [1.807, 2.05) is 6.07 Å². The van der Waals surface area contributed by atoms with Crippen molar-refractivity contribution in [2.24, 2.45) is 0 Å². The maximum Gasteiger partial charge on any atom is 0.346 e. The predicted octanol–water partition coefficient (Wildman–Crippen LogP) is 1.76. The molecule has 0 radical (unpaired) electrons. The summed E-state index contributed by atoms with van der Waals surface area (Å²) in [5.74, 6) is 0.133. The smallest absolute Gasteiger partial charge is 0.346 e. The number of ether oxygens (including phenoxy) is 2.